The van der Waals surface area contributed by atoms with E-state index in [1.54, 1.807) is 12.1 Å². The Hall–Kier alpha value is -1.00. The van der Waals surface area contributed by atoms with Gasteiger partial charge in [-0.25, -0.2) is 8.42 Å². The van der Waals surface area contributed by atoms with Gasteiger partial charge in [-0.2, -0.15) is 0 Å². The fraction of sp³-hybridized carbons (Fsp3) is 0.273. The van der Waals surface area contributed by atoms with E-state index in [9.17, 15) is 8.42 Å². The second kappa shape index (κ2) is 3.25. The first kappa shape index (κ1) is 10.2. The van der Waals surface area contributed by atoms with Gasteiger partial charge >= 0.3 is 0 Å². The molecule has 1 saturated heterocycles. The number of allylic oxidation sites excluding steroid dienone is 1. The second-order valence-corrected chi connectivity index (χ2v) is 6.40. The maximum Gasteiger partial charge on any atom is 0.221 e. The van der Waals surface area contributed by atoms with Crippen LogP contribution < -0.4 is 4.90 Å². The van der Waals surface area contributed by atoms with E-state index in [2.05, 4.69) is 0 Å². The summed E-state index contributed by atoms with van der Waals surface area (Å²) in [5.41, 5.74) is 1.51. The first-order chi connectivity index (χ1) is 7.62. The number of anilines is 1. The molecule has 2 aliphatic heterocycles. The fourth-order valence-corrected chi connectivity index (χ4v) is 4.18. The smallest absolute Gasteiger partial charge is 0.221 e. The van der Waals surface area contributed by atoms with Crippen LogP contribution in [-0.4, -0.2) is 15.0 Å². The Balaban J connectivity index is 2.37. The van der Waals surface area contributed by atoms with Crippen LogP contribution >= 0.6 is 11.6 Å². The Bertz CT molecular complexity index is 592. The van der Waals surface area contributed by atoms with Crippen molar-refractivity contribution in [2.24, 2.45) is 0 Å². The topological polar surface area (TPSA) is 37.4 Å². The molecule has 3 nitrogen and oxygen atoms in total. The average molecular weight is 256 g/mol. The molecule has 1 aromatic rings. The van der Waals surface area contributed by atoms with E-state index in [0.717, 1.165) is 30.8 Å². The zero-order valence-electron chi connectivity index (χ0n) is 8.48. The Kier molecular flexibility index (Phi) is 2.06. The molecule has 0 N–H and O–H groups in total. The molecule has 0 unspecified atom stereocenters. The van der Waals surface area contributed by atoms with Gasteiger partial charge in [-0.3, -0.25) is 0 Å². The molecule has 3 rings (SSSR count). The first-order valence-corrected chi connectivity index (χ1v) is 6.99. The molecule has 0 atom stereocenters. The van der Waals surface area contributed by atoms with Crippen molar-refractivity contribution in [1.29, 1.82) is 0 Å². The van der Waals surface area contributed by atoms with Gasteiger partial charge in [0.15, 0.2) is 4.36 Å². The van der Waals surface area contributed by atoms with Crippen LogP contribution in [0.5, 0.6) is 0 Å². The highest BCUT2D eigenvalue weighted by Gasteiger charge is 2.37. The summed E-state index contributed by atoms with van der Waals surface area (Å²) in [5.74, 6) is 0. The monoisotopic (exact) mass is 255 g/mol. The van der Waals surface area contributed by atoms with Crippen LogP contribution in [0, 0.1) is 0 Å². The number of rotatable bonds is 0. The normalized spacial score (nSPS) is 21.9. The molecule has 2 aliphatic rings. The minimum absolute atomic E-state index is 0.00343. The van der Waals surface area contributed by atoms with Gasteiger partial charge < -0.3 is 4.90 Å². The van der Waals surface area contributed by atoms with Crippen molar-refractivity contribution in [3.63, 3.8) is 0 Å². The Morgan fingerprint density at radius 2 is 2.00 bits per heavy atom. The van der Waals surface area contributed by atoms with Gasteiger partial charge in [0, 0.05) is 12.2 Å². The predicted molar refractivity (Wildman–Crippen MR) is 63.1 cm³/mol. The Labute approximate surface area is 99.2 Å². The highest BCUT2D eigenvalue weighted by molar-refractivity contribution is 7.97. The van der Waals surface area contributed by atoms with Gasteiger partial charge in [0.25, 0.3) is 0 Å². The third-order valence-electron chi connectivity index (χ3n) is 3.03. The van der Waals surface area contributed by atoms with E-state index in [1.807, 2.05) is 17.0 Å². The summed E-state index contributed by atoms with van der Waals surface area (Å²) in [5, 5.41) is 0. The number of benzene rings is 1. The van der Waals surface area contributed by atoms with Crippen LogP contribution in [0.25, 0.3) is 0 Å². The van der Waals surface area contributed by atoms with Gasteiger partial charge in [-0.1, -0.05) is 23.7 Å². The SMILES string of the molecule is O=S1(=O)C(Cl)=C2CCCN2c2ccccc21. The number of sulfone groups is 1. The molecule has 0 spiro atoms. The highest BCUT2D eigenvalue weighted by atomic mass is 35.5. The molecule has 2 heterocycles. The minimum atomic E-state index is -3.47. The van der Waals surface area contributed by atoms with Gasteiger partial charge in [0.1, 0.15) is 0 Å². The van der Waals surface area contributed by atoms with E-state index < -0.39 is 9.84 Å². The molecule has 0 aliphatic carbocycles. The van der Waals surface area contributed by atoms with Crippen LogP contribution in [0.1, 0.15) is 12.8 Å². The molecule has 0 radical (unpaired) electrons. The number of halogens is 1. The van der Waals surface area contributed by atoms with Crippen molar-refractivity contribution in [3.8, 4) is 0 Å². The molecule has 1 fully saturated rings. The zero-order valence-corrected chi connectivity index (χ0v) is 10.1. The van der Waals surface area contributed by atoms with E-state index in [0.29, 0.717) is 4.90 Å². The van der Waals surface area contributed by atoms with Crippen LogP contribution in [0.2, 0.25) is 0 Å². The van der Waals surface area contributed by atoms with Crippen LogP contribution in [-0.2, 0) is 9.84 Å². The van der Waals surface area contributed by atoms with Gasteiger partial charge in [0.2, 0.25) is 9.84 Å². The van der Waals surface area contributed by atoms with Gasteiger partial charge in [-0.05, 0) is 25.0 Å². The third-order valence-corrected chi connectivity index (χ3v) is 5.49. The molecule has 1 aromatic carbocycles. The maximum atomic E-state index is 12.1. The molecule has 0 aromatic heterocycles. The molecular formula is C11H10ClNO2S. The Morgan fingerprint density at radius 1 is 1.25 bits per heavy atom. The van der Waals surface area contributed by atoms with E-state index in [4.69, 9.17) is 11.6 Å². The van der Waals surface area contributed by atoms with Crippen molar-refractivity contribution < 1.29 is 8.42 Å². The maximum absolute atomic E-state index is 12.1. The van der Waals surface area contributed by atoms with E-state index >= 15 is 0 Å². The quantitative estimate of drug-likeness (QED) is 0.715. The molecular weight excluding hydrogens is 246 g/mol. The van der Waals surface area contributed by atoms with Gasteiger partial charge in [0.05, 0.1) is 10.6 Å². The molecule has 0 saturated carbocycles. The summed E-state index contributed by atoms with van der Waals surface area (Å²) in [4.78, 5) is 2.34. The third kappa shape index (κ3) is 1.17. The Morgan fingerprint density at radius 3 is 2.81 bits per heavy atom. The lowest BCUT2D eigenvalue weighted by Gasteiger charge is -2.28. The number of fused-ring (bicyclic) bond motifs is 3. The lowest BCUT2D eigenvalue weighted by Crippen LogP contribution is -2.25. The summed E-state index contributed by atoms with van der Waals surface area (Å²) in [6.07, 6.45) is 1.70. The summed E-state index contributed by atoms with van der Waals surface area (Å²) in [6, 6.07) is 7.02. The molecule has 84 valence electrons. The molecule has 5 heteroatoms. The van der Waals surface area contributed by atoms with Crippen LogP contribution in [0.4, 0.5) is 5.69 Å². The molecule has 0 amide bonds. The van der Waals surface area contributed by atoms with Crippen LogP contribution in [0.3, 0.4) is 0 Å². The highest BCUT2D eigenvalue weighted by Crippen LogP contribution is 2.44. The predicted octanol–water partition coefficient (Wildman–Crippen LogP) is 2.48. The van der Waals surface area contributed by atoms with Crippen LogP contribution in [0.15, 0.2) is 39.2 Å². The van der Waals surface area contributed by atoms with Crippen molar-refractivity contribution in [2.45, 2.75) is 17.7 Å². The summed E-state index contributed by atoms with van der Waals surface area (Å²) in [7, 11) is -3.47. The number of nitrogens with zero attached hydrogens (tertiary/aromatic N) is 1. The number of para-hydroxylation sites is 1. The number of hydrogen-bond acceptors (Lipinski definition) is 3. The van der Waals surface area contributed by atoms with Crippen molar-refractivity contribution >= 4 is 27.1 Å². The van der Waals surface area contributed by atoms with Crippen molar-refractivity contribution in [2.75, 3.05) is 11.4 Å². The van der Waals surface area contributed by atoms with E-state index in [1.165, 1.54) is 0 Å². The molecule has 16 heavy (non-hydrogen) atoms. The fourth-order valence-electron chi connectivity index (χ4n) is 2.30. The largest absolute Gasteiger partial charge is 0.342 e. The lowest BCUT2D eigenvalue weighted by molar-refractivity contribution is 0.602. The standard InChI is InChI=1S/C11H10ClNO2S/c12-11-9-5-3-7-13(9)8-4-1-2-6-10(8)16(11,14)15/h1-2,4,6H,3,5,7H2. The minimum Gasteiger partial charge on any atom is -0.342 e. The summed E-state index contributed by atoms with van der Waals surface area (Å²) >= 11 is 5.99. The van der Waals surface area contributed by atoms with Crippen molar-refractivity contribution in [1.82, 2.24) is 0 Å². The lowest BCUT2D eigenvalue weighted by atomic mass is 10.3. The summed E-state index contributed by atoms with van der Waals surface area (Å²) in [6.45, 7) is 0.845. The first-order valence-electron chi connectivity index (χ1n) is 5.12. The van der Waals surface area contributed by atoms with E-state index in [-0.39, 0.29) is 4.36 Å². The second-order valence-electron chi connectivity index (χ2n) is 3.95. The zero-order chi connectivity index (χ0) is 11.3. The molecule has 0 bridgehead atoms. The van der Waals surface area contributed by atoms with Crippen molar-refractivity contribution in [3.05, 3.63) is 34.3 Å². The average Bonchev–Trinajstić information content (AvgIpc) is 2.75. The van der Waals surface area contributed by atoms with Gasteiger partial charge in [-0.15, -0.1) is 0 Å². The number of hydrogen-bond donors (Lipinski definition) is 0. The summed E-state index contributed by atoms with van der Waals surface area (Å²) < 4.78 is 24.3.